The van der Waals surface area contributed by atoms with E-state index in [1.165, 1.54) is 11.1 Å². The van der Waals surface area contributed by atoms with Gasteiger partial charge in [-0.15, -0.1) is 0 Å². The molecule has 106 valence electrons. The van der Waals surface area contributed by atoms with Gasteiger partial charge in [-0.2, -0.15) is 0 Å². The van der Waals surface area contributed by atoms with Crippen LogP contribution in [0.5, 0.6) is 5.75 Å². The third kappa shape index (κ3) is 2.70. The van der Waals surface area contributed by atoms with Gasteiger partial charge in [0, 0.05) is 17.0 Å². The molecule has 0 heterocycles. The lowest BCUT2D eigenvalue weighted by molar-refractivity contribution is 0.376. The second kappa shape index (κ2) is 5.68. The Balaban J connectivity index is 2.45. The van der Waals surface area contributed by atoms with E-state index >= 15 is 0 Å². The maximum absolute atomic E-state index is 6.57. The van der Waals surface area contributed by atoms with Gasteiger partial charge in [0.2, 0.25) is 0 Å². The molecule has 2 N–H and O–H groups in total. The molecule has 2 aromatic carbocycles. The molecule has 2 nitrogen and oxygen atoms in total. The van der Waals surface area contributed by atoms with Gasteiger partial charge in [0.15, 0.2) is 0 Å². The maximum Gasteiger partial charge on any atom is 0.123 e. The van der Waals surface area contributed by atoms with Crippen molar-refractivity contribution < 1.29 is 4.74 Å². The normalized spacial score (nSPS) is 13.1. The predicted molar refractivity (Wildman–Crippen MR) is 84.1 cm³/mol. The van der Waals surface area contributed by atoms with E-state index in [1.807, 2.05) is 18.2 Å². The van der Waals surface area contributed by atoms with E-state index in [-0.39, 0.29) is 11.5 Å². The molecule has 0 amide bonds. The Morgan fingerprint density at radius 2 is 1.70 bits per heavy atom. The molecule has 0 spiro atoms. The second-order valence-electron chi connectivity index (χ2n) is 5.81. The zero-order chi connectivity index (χ0) is 14.8. The molecule has 2 rings (SSSR count). The van der Waals surface area contributed by atoms with Crippen molar-refractivity contribution in [3.63, 3.8) is 0 Å². The van der Waals surface area contributed by atoms with E-state index in [9.17, 15) is 0 Å². The van der Waals surface area contributed by atoms with Crippen LogP contribution in [-0.2, 0) is 5.41 Å². The largest absolute Gasteiger partial charge is 0.496 e. The molecule has 0 aliphatic carbocycles. The van der Waals surface area contributed by atoms with Crippen LogP contribution in [0.2, 0.25) is 0 Å². The first-order valence-corrected chi connectivity index (χ1v) is 6.92. The minimum Gasteiger partial charge on any atom is -0.496 e. The lowest BCUT2D eigenvalue weighted by atomic mass is 9.75. The highest BCUT2D eigenvalue weighted by Crippen LogP contribution is 2.38. The fraction of sp³-hybridized carbons (Fsp3) is 0.333. The Labute approximate surface area is 121 Å². The number of nitrogens with two attached hydrogens (primary N) is 1. The highest BCUT2D eigenvalue weighted by Gasteiger charge is 2.31. The molecule has 0 saturated heterocycles. The molecular formula is C18H23NO. The fourth-order valence-electron chi connectivity index (χ4n) is 2.53. The van der Waals surface area contributed by atoms with Gasteiger partial charge in [-0.3, -0.25) is 0 Å². The molecule has 0 saturated carbocycles. The monoisotopic (exact) mass is 269 g/mol. The lowest BCUT2D eigenvalue weighted by Gasteiger charge is -2.33. The van der Waals surface area contributed by atoms with Gasteiger partial charge in [-0.05, 0) is 18.6 Å². The highest BCUT2D eigenvalue weighted by molar-refractivity contribution is 5.42. The average Bonchev–Trinajstić information content (AvgIpc) is 2.47. The smallest absolute Gasteiger partial charge is 0.123 e. The number of hydrogen-bond acceptors (Lipinski definition) is 2. The predicted octanol–water partition coefficient (Wildman–Crippen LogP) is 3.98. The summed E-state index contributed by atoms with van der Waals surface area (Å²) in [7, 11) is 1.69. The first-order valence-electron chi connectivity index (χ1n) is 6.92. The molecule has 2 heteroatoms. The second-order valence-corrected chi connectivity index (χ2v) is 5.81. The third-order valence-electron chi connectivity index (χ3n) is 4.02. The van der Waals surface area contributed by atoms with Crippen molar-refractivity contribution in [2.75, 3.05) is 7.11 Å². The Morgan fingerprint density at radius 3 is 2.30 bits per heavy atom. The molecule has 20 heavy (non-hydrogen) atoms. The molecule has 0 bridgehead atoms. The number of aryl methyl sites for hydroxylation is 1. The van der Waals surface area contributed by atoms with Gasteiger partial charge in [0.25, 0.3) is 0 Å². The third-order valence-corrected chi connectivity index (χ3v) is 4.02. The Bertz CT molecular complexity index is 575. The number of hydrogen-bond donors (Lipinski definition) is 1. The molecule has 0 fully saturated rings. The van der Waals surface area contributed by atoms with Crippen molar-refractivity contribution >= 4 is 0 Å². The summed E-state index contributed by atoms with van der Waals surface area (Å²) in [5.74, 6) is 0.854. The van der Waals surface area contributed by atoms with Crippen molar-refractivity contribution in [1.82, 2.24) is 0 Å². The minimum atomic E-state index is -0.164. The minimum absolute atomic E-state index is 0.125. The Hall–Kier alpha value is -1.80. The van der Waals surface area contributed by atoms with E-state index in [2.05, 4.69) is 51.1 Å². The van der Waals surface area contributed by atoms with Crippen molar-refractivity contribution in [2.45, 2.75) is 32.2 Å². The summed E-state index contributed by atoms with van der Waals surface area (Å²) in [6.07, 6.45) is 0. The molecule has 2 aromatic rings. The number of rotatable bonds is 4. The summed E-state index contributed by atoms with van der Waals surface area (Å²) in [4.78, 5) is 0. The SMILES string of the molecule is COc1ccc(C)cc1C(N)C(C)(C)c1ccccc1. The van der Waals surface area contributed by atoms with Crippen LogP contribution in [0, 0.1) is 6.92 Å². The molecule has 0 aliphatic rings. The standard InChI is InChI=1S/C18H23NO/c1-13-10-11-16(20-4)15(12-13)17(19)18(2,3)14-8-6-5-7-9-14/h5-12,17H,19H2,1-4H3. The maximum atomic E-state index is 6.57. The van der Waals surface area contributed by atoms with Gasteiger partial charge in [-0.1, -0.05) is 61.9 Å². The van der Waals surface area contributed by atoms with Crippen molar-refractivity contribution in [3.8, 4) is 5.75 Å². The van der Waals surface area contributed by atoms with Gasteiger partial charge < -0.3 is 10.5 Å². The number of benzene rings is 2. The Morgan fingerprint density at radius 1 is 1.05 bits per heavy atom. The number of methoxy groups -OCH3 is 1. The zero-order valence-corrected chi connectivity index (χ0v) is 12.7. The molecule has 0 radical (unpaired) electrons. The summed E-state index contributed by atoms with van der Waals surface area (Å²) >= 11 is 0. The Kier molecular flexibility index (Phi) is 4.15. The van der Waals surface area contributed by atoms with E-state index in [0.29, 0.717) is 0 Å². The summed E-state index contributed by atoms with van der Waals surface area (Å²) in [6, 6.07) is 16.4. The first kappa shape index (κ1) is 14.6. The lowest BCUT2D eigenvalue weighted by Crippen LogP contribution is -2.33. The van der Waals surface area contributed by atoms with E-state index < -0.39 is 0 Å². The molecule has 0 aromatic heterocycles. The van der Waals surface area contributed by atoms with Crippen molar-refractivity contribution in [1.29, 1.82) is 0 Å². The summed E-state index contributed by atoms with van der Waals surface area (Å²) in [5.41, 5.74) is 9.89. The van der Waals surface area contributed by atoms with E-state index in [4.69, 9.17) is 10.5 Å². The van der Waals surface area contributed by atoms with Crippen LogP contribution < -0.4 is 10.5 Å². The summed E-state index contributed by atoms with van der Waals surface area (Å²) in [6.45, 7) is 6.43. The number of ether oxygens (including phenoxy) is 1. The van der Waals surface area contributed by atoms with Gasteiger partial charge in [-0.25, -0.2) is 0 Å². The van der Waals surface area contributed by atoms with Crippen LogP contribution in [0.3, 0.4) is 0 Å². The summed E-state index contributed by atoms with van der Waals surface area (Å²) < 4.78 is 5.47. The van der Waals surface area contributed by atoms with Crippen molar-refractivity contribution in [3.05, 3.63) is 65.2 Å². The zero-order valence-electron chi connectivity index (χ0n) is 12.7. The van der Waals surface area contributed by atoms with Gasteiger partial charge in [0.1, 0.15) is 5.75 Å². The summed E-state index contributed by atoms with van der Waals surface area (Å²) in [5, 5.41) is 0. The quantitative estimate of drug-likeness (QED) is 0.911. The molecular weight excluding hydrogens is 246 g/mol. The molecule has 0 aliphatic heterocycles. The average molecular weight is 269 g/mol. The molecule has 1 atom stereocenters. The van der Waals surface area contributed by atoms with Gasteiger partial charge >= 0.3 is 0 Å². The van der Waals surface area contributed by atoms with Gasteiger partial charge in [0.05, 0.1) is 7.11 Å². The van der Waals surface area contributed by atoms with Crippen LogP contribution in [0.15, 0.2) is 48.5 Å². The van der Waals surface area contributed by atoms with Crippen LogP contribution in [0.1, 0.15) is 36.6 Å². The topological polar surface area (TPSA) is 35.2 Å². The van der Waals surface area contributed by atoms with E-state index in [0.717, 1.165) is 11.3 Å². The van der Waals surface area contributed by atoms with Crippen molar-refractivity contribution in [2.24, 2.45) is 5.73 Å². The highest BCUT2D eigenvalue weighted by atomic mass is 16.5. The molecule has 1 unspecified atom stereocenters. The van der Waals surface area contributed by atoms with E-state index in [1.54, 1.807) is 7.11 Å². The fourth-order valence-corrected chi connectivity index (χ4v) is 2.53. The van der Waals surface area contributed by atoms with Crippen LogP contribution in [-0.4, -0.2) is 7.11 Å². The van der Waals surface area contributed by atoms with Crippen LogP contribution >= 0.6 is 0 Å². The van der Waals surface area contributed by atoms with Crippen LogP contribution in [0.4, 0.5) is 0 Å². The first-order chi connectivity index (χ1) is 9.46. The van der Waals surface area contributed by atoms with Crippen LogP contribution in [0.25, 0.3) is 0 Å².